The monoisotopic (exact) mass is 321 g/mol. The summed E-state index contributed by atoms with van der Waals surface area (Å²) in [6.45, 7) is 5.61. The van der Waals surface area contributed by atoms with Crippen molar-refractivity contribution in [1.82, 2.24) is 4.90 Å². The van der Waals surface area contributed by atoms with Crippen LogP contribution in [0.25, 0.3) is 6.08 Å². The predicted octanol–water partition coefficient (Wildman–Crippen LogP) is 2.90. The van der Waals surface area contributed by atoms with Crippen LogP contribution in [0.15, 0.2) is 17.0 Å². The topological polar surface area (TPSA) is 57.6 Å². The molecule has 4 nitrogen and oxygen atoms in total. The molecule has 0 saturated carbocycles. The van der Waals surface area contributed by atoms with Crippen molar-refractivity contribution in [2.45, 2.75) is 20.8 Å². The summed E-state index contributed by atoms with van der Waals surface area (Å²) in [4.78, 5) is 24.6. The van der Waals surface area contributed by atoms with Gasteiger partial charge < -0.3 is 5.11 Å². The van der Waals surface area contributed by atoms with Crippen LogP contribution in [0.1, 0.15) is 22.3 Å². The maximum Gasteiger partial charge on any atom is 0.323 e. The highest BCUT2D eigenvalue weighted by Crippen LogP contribution is 2.33. The van der Waals surface area contributed by atoms with Gasteiger partial charge in [0.25, 0.3) is 5.91 Å². The number of hydrogen-bond acceptors (Lipinski definition) is 4. The first-order chi connectivity index (χ1) is 9.79. The third-order valence-corrected chi connectivity index (χ3v) is 4.56. The fraction of sp³-hybridized carbons (Fsp3) is 0.267. The molecule has 1 aliphatic heterocycles. The molecule has 1 heterocycles. The number of nitrogens with zero attached hydrogens (tertiary/aromatic N) is 1. The Morgan fingerprint density at radius 2 is 1.90 bits per heavy atom. The Balaban J connectivity index is 2.37. The number of amides is 1. The molecule has 1 fully saturated rings. The number of carbonyl (C=O) groups is 2. The normalized spacial score (nSPS) is 16.9. The molecule has 1 saturated heterocycles. The minimum absolute atomic E-state index is 0.288. The van der Waals surface area contributed by atoms with Crippen LogP contribution in [0.4, 0.5) is 0 Å². The van der Waals surface area contributed by atoms with Crippen molar-refractivity contribution in [3.8, 4) is 0 Å². The van der Waals surface area contributed by atoms with E-state index in [0.717, 1.165) is 33.4 Å². The van der Waals surface area contributed by atoms with E-state index in [-0.39, 0.29) is 10.2 Å². The first-order valence-electron chi connectivity index (χ1n) is 6.34. The molecular weight excluding hydrogens is 306 g/mol. The van der Waals surface area contributed by atoms with Gasteiger partial charge in [-0.15, -0.1) is 0 Å². The lowest BCUT2D eigenvalue weighted by Gasteiger charge is -2.10. The number of aliphatic carboxylic acids is 1. The van der Waals surface area contributed by atoms with E-state index in [9.17, 15) is 9.59 Å². The fourth-order valence-corrected chi connectivity index (χ4v) is 3.56. The quantitative estimate of drug-likeness (QED) is 0.685. The molecular formula is C15H15NO3S2. The van der Waals surface area contributed by atoms with Gasteiger partial charge in [0.2, 0.25) is 0 Å². The first kappa shape index (κ1) is 15.7. The molecule has 1 aromatic carbocycles. The van der Waals surface area contributed by atoms with Gasteiger partial charge in [-0.1, -0.05) is 41.7 Å². The number of thiocarbonyl (C=S) groups is 1. The number of benzene rings is 1. The van der Waals surface area contributed by atoms with E-state index in [2.05, 4.69) is 12.1 Å². The van der Waals surface area contributed by atoms with Crippen LogP contribution in [0, 0.1) is 20.8 Å². The maximum atomic E-state index is 12.2. The molecule has 1 aliphatic rings. The number of aryl methyl sites for hydroxylation is 3. The highest BCUT2D eigenvalue weighted by Gasteiger charge is 2.33. The third-order valence-electron chi connectivity index (χ3n) is 3.18. The summed E-state index contributed by atoms with van der Waals surface area (Å²) in [5.41, 5.74) is 4.31. The van der Waals surface area contributed by atoms with Crippen LogP contribution in [0.3, 0.4) is 0 Å². The summed E-state index contributed by atoms with van der Waals surface area (Å²) < 4.78 is 0.288. The molecule has 1 aromatic rings. The van der Waals surface area contributed by atoms with Crippen molar-refractivity contribution in [3.63, 3.8) is 0 Å². The molecule has 0 aromatic heterocycles. The Hall–Kier alpha value is -1.66. The Kier molecular flexibility index (Phi) is 4.49. The summed E-state index contributed by atoms with van der Waals surface area (Å²) in [5.74, 6) is -1.41. The summed E-state index contributed by atoms with van der Waals surface area (Å²) in [6, 6.07) is 4.10. The van der Waals surface area contributed by atoms with E-state index in [1.54, 1.807) is 6.08 Å². The largest absolute Gasteiger partial charge is 0.480 e. The number of carboxylic acid groups (broad SMARTS) is 1. The Morgan fingerprint density at radius 3 is 2.43 bits per heavy atom. The van der Waals surface area contributed by atoms with Crippen molar-refractivity contribution >= 4 is 46.3 Å². The smallest absolute Gasteiger partial charge is 0.323 e. The van der Waals surface area contributed by atoms with Crippen molar-refractivity contribution in [2.75, 3.05) is 6.54 Å². The SMILES string of the molecule is Cc1cc(C)c(/C=C2\SC(=S)N(CC(=O)O)C2=O)c(C)c1. The summed E-state index contributed by atoms with van der Waals surface area (Å²) in [5, 5.41) is 8.82. The number of hydrogen-bond donors (Lipinski definition) is 1. The second-order valence-corrected chi connectivity index (χ2v) is 6.65. The third kappa shape index (κ3) is 3.33. The Labute approximate surface area is 132 Å². The molecule has 1 N–H and O–H groups in total. The summed E-state index contributed by atoms with van der Waals surface area (Å²) in [6.07, 6.45) is 1.80. The molecule has 1 amide bonds. The van der Waals surface area contributed by atoms with Gasteiger partial charge in [0.05, 0.1) is 4.91 Å². The highest BCUT2D eigenvalue weighted by atomic mass is 32.2. The Bertz CT molecular complexity index is 656. The van der Waals surface area contributed by atoms with E-state index in [1.165, 1.54) is 5.56 Å². The van der Waals surface area contributed by atoms with Crippen LogP contribution in [-0.2, 0) is 9.59 Å². The van der Waals surface area contributed by atoms with Crippen LogP contribution in [0.5, 0.6) is 0 Å². The molecule has 0 radical (unpaired) electrons. The van der Waals surface area contributed by atoms with Gasteiger partial charge in [-0.2, -0.15) is 0 Å². The fourth-order valence-electron chi connectivity index (χ4n) is 2.32. The zero-order valence-corrected chi connectivity index (χ0v) is 13.6. The molecule has 0 spiro atoms. The lowest BCUT2D eigenvalue weighted by atomic mass is 9.99. The molecule has 0 atom stereocenters. The molecule has 0 aliphatic carbocycles. The molecule has 0 bridgehead atoms. The lowest BCUT2D eigenvalue weighted by molar-refractivity contribution is -0.140. The van der Waals surface area contributed by atoms with Gasteiger partial charge in [0, 0.05) is 0 Å². The number of carboxylic acids is 1. The van der Waals surface area contributed by atoms with E-state index < -0.39 is 12.5 Å². The Morgan fingerprint density at radius 1 is 1.33 bits per heavy atom. The second-order valence-electron chi connectivity index (χ2n) is 4.97. The van der Waals surface area contributed by atoms with E-state index in [4.69, 9.17) is 17.3 Å². The lowest BCUT2D eigenvalue weighted by Crippen LogP contribution is -2.33. The van der Waals surface area contributed by atoms with Crippen LogP contribution in [-0.4, -0.2) is 32.7 Å². The van der Waals surface area contributed by atoms with E-state index in [0.29, 0.717) is 4.91 Å². The van der Waals surface area contributed by atoms with Gasteiger partial charge >= 0.3 is 5.97 Å². The summed E-state index contributed by atoms with van der Waals surface area (Å²) in [7, 11) is 0. The minimum Gasteiger partial charge on any atom is -0.480 e. The van der Waals surface area contributed by atoms with Gasteiger partial charge in [-0.05, 0) is 43.5 Å². The minimum atomic E-state index is -1.07. The zero-order valence-electron chi connectivity index (χ0n) is 12.0. The van der Waals surface area contributed by atoms with Crippen LogP contribution in [0.2, 0.25) is 0 Å². The van der Waals surface area contributed by atoms with Crippen molar-refractivity contribution in [1.29, 1.82) is 0 Å². The summed E-state index contributed by atoms with van der Waals surface area (Å²) >= 11 is 6.23. The second kappa shape index (κ2) is 5.99. The van der Waals surface area contributed by atoms with Crippen molar-refractivity contribution < 1.29 is 14.7 Å². The number of carbonyl (C=O) groups excluding carboxylic acids is 1. The number of thioether (sulfide) groups is 1. The highest BCUT2D eigenvalue weighted by molar-refractivity contribution is 8.26. The van der Waals surface area contributed by atoms with Crippen molar-refractivity contribution in [3.05, 3.63) is 39.3 Å². The average Bonchev–Trinajstić information content (AvgIpc) is 2.61. The standard InChI is InChI=1S/C15H15NO3S2/c1-8-4-9(2)11(10(3)5-8)6-12-14(19)16(7-13(17)18)15(20)21-12/h4-6H,7H2,1-3H3,(H,17,18)/b12-6-. The van der Waals surface area contributed by atoms with Crippen LogP contribution < -0.4 is 0 Å². The van der Waals surface area contributed by atoms with Gasteiger partial charge in [-0.25, -0.2) is 0 Å². The maximum absolute atomic E-state index is 12.2. The van der Waals surface area contributed by atoms with Gasteiger partial charge in [-0.3, -0.25) is 14.5 Å². The first-order valence-corrected chi connectivity index (χ1v) is 7.57. The molecule has 6 heteroatoms. The molecule has 110 valence electrons. The van der Waals surface area contributed by atoms with Crippen molar-refractivity contribution in [2.24, 2.45) is 0 Å². The van der Waals surface area contributed by atoms with Gasteiger partial charge in [0.1, 0.15) is 10.9 Å². The zero-order chi connectivity index (χ0) is 15.7. The van der Waals surface area contributed by atoms with Gasteiger partial charge in [0.15, 0.2) is 0 Å². The molecule has 2 rings (SSSR count). The molecule has 0 unspecified atom stereocenters. The van der Waals surface area contributed by atoms with E-state index >= 15 is 0 Å². The predicted molar refractivity (Wildman–Crippen MR) is 88.2 cm³/mol. The van der Waals surface area contributed by atoms with E-state index in [1.807, 2.05) is 20.8 Å². The number of rotatable bonds is 3. The average molecular weight is 321 g/mol. The molecule has 21 heavy (non-hydrogen) atoms. The van der Waals surface area contributed by atoms with Crippen LogP contribution >= 0.6 is 24.0 Å².